The fraction of sp³-hybridized carbons (Fsp3) is 0.333. The molecule has 0 saturated heterocycles. The molecule has 0 bridgehead atoms. The summed E-state index contributed by atoms with van der Waals surface area (Å²) in [7, 11) is 0. The van der Waals surface area contributed by atoms with E-state index in [1.807, 2.05) is 6.92 Å². The van der Waals surface area contributed by atoms with Crippen LogP contribution in [0.2, 0.25) is 5.02 Å². The maximum Gasteiger partial charge on any atom is 0.181 e. The Labute approximate surface area is 71.6 Å². The van der Waals surface area contributed by atoms with Crippen molar-refractivity contribution in [1.29, 1.82) is 0 Å². The molecule has 1 radical (unpaired) electrons. The van der Waals surface area contributed by atoms with Crippen molar-refractivity contribution in [3.05, 3.63) is 28.8 Å². The zero-order valence-electron chi connectivity index (χ0n) is 6.43. The molecule has 0 aliphatic rings. The molecular weight excluding hydrogens is 160 g/mol. The molecule has 0 fully saturated rings. The van der Waals surface area contributed by atoms with Crippen LogP contribution in [0.5, 0.6) is 5.75 Å². The Kier molecular flexibility index (Phi) is 2.77. The first kappa shape index (κ1) is 8.41. The highest BCUT2D eigenvalue weighted by molar-refractivity contribution is 6.30. The molecule has 1 nitrogen and oxygen atoms in total. The highest BCUT2D eigenvalue weighted by Gasteiger charge is 2.01. The van der Waals surface area contributed by atoms with E-state index in [9.17, 15) is 5.11 Å². The maximum atomic E-state index is 11.1. The molecule has 0 heterocycles. The van der Waals surface area contributed by atoms with Gasteiger partial charge < -0.3 is 0 Å². The van der Waals surface area contributed by atoms with Gasteiger partial charge in [-0.1, -0.05) is 24.9 Å². The largest absolute Gasteiger partial charge is 0.290 e. The number of hydrogen-bond donors (Lipinski definition) is 0. The van der Waals surface area contributed by atoms with Crippen LogP contribution in [0, 0.1) is 0 Å². The molecular formula is C9H10ClO. The molecule has 0 aliphatic carbocycles. The molecule has 0 unspecified atom stereocenters. The predicted octanol–water partition coefficient (Wildman–Crippen LogP) is 3.44. The summed E-state index contributed by atoms with van der Waals surface area (Å²) in [6.07, 6.45) is 1.80. The second kappa shape index (κ2) is 3.63. The van der Waals surface area contributed by atoms with Gasteiger partial charge >= 0.3 is 0 Å². The van der Waals surface area contributed by atoms with Gasteiger partial charge in [-0.3, -0.25) is 5.11 Å². The van der Waals surface area contributed by atoms with Gasteiger partial charge in [0.1, 0.15) is 0 Å². The smallest absolute Gasteiger partial charge is 0.181 e. The van der Waals surface area contributed by atoms with Gasteiger partial charge in [-0.15, -0.1) is 0 Å². The molecule has 0 spiro atoms. The monoisotopic (exact) mass is 169 g/mol. The van der Waals surface area contributed by atoms with Gasteiger partial charge in [-0.05, 0) is 24.6 Å². The van der Waals surface area contributed by atoms with E-state index in [1.165, 1.54) is 6.07 Å². The lowest BCUT2D eigenvalue weighted by molar-refractivity contribution is 0.349. The van der Waals surface area contributed by atoms with E-state index in [0.717, 1.165) is 18.4 Å². The molecule has 0 amide bonds. The van der Waals surface area contributed by atoms with Crippen molar-refractivity contribution in [1.82, 2.24) is 0 Å². The van der Waals surface area contributed by atoms with Crippen LogP contribution < -0.4 is 0 Å². The highest BCUT2D eigenvalue weighted by Crippen LogP contribution is 2.22. The van der Waals surface area contributed by atoms with Gasteiger partial charge in [0.2, 0.25) is 0 Å². The fourth-order valence-corrected chi connectivity index (χ4v) is 1.21. The summed E-state index contributed by atoms with van der Waals surface area (Å²) in [6.45, 7) is 2.04. The standard InChI is InChI=1S/C9H10ClO/c1-2-3-7-6-8(10)4-5-9(7)11/h4-6H,2-3H2,1H3. The summed E-state index contributed by atoms with van der Waals surface area (Å²) >= 11 is 5.71. The topological polar surface area (TPSA) is 19.9 Å². The van der Waals surface area contributed by atoms with Crippen LogP contribution in [0.25, 0.3) is 0 Å². The SMILES string of the molecule is CCCc1cc(Cl)ccc1[O]. The van der Waals surface area contributed by atoms with Crippen LogP contribution in [0.3, 0.4) is 0 Å². The molecule has 1 aromatic carbocycles. The third-order valence-electron chi connectivity index (χ3n) is 1.54. The van der Waals surface area contributed by atoms with E-state index >= 15 is 0 Å². The Morgan fingerprint density at radius 2 is 2.18 bits per heavy atom. The second-order valence-electron chi connectivity index (χ2n) is 2.50. The van der Waals surface area contributed by atoms with Gasteiger partial charge in [0, 0.05) is 10.6 Å². The second-order valence-corrected chi connectivity index (χ2v) is 2.94. The summed E-state index contributed by atoms with van der Waals surface area (Å²) in [5.41, 5.74) is 0.819. The van der Waals surface area contributed by atoms with Crippen LogP contribution >= 0.6 is 11.6 Å². The molecule has 0 N–H and O–H groups in total. The van der Waals surface area contributed by atoms with Gasteiger partial charge in [-0.25, -0.2) is 0 Å². The molecule has 11 heavy (non-hydrogen) atoms. The lowest BCUT2D eigenvalue weighted by atomic mass is 10.1. The highest BCUT2D eigenvalue weighted by atomic mass is 35.5. The minimum Gasteiger partial charge on any atom is -0.290 e. The number of hydrogen-bond acceptors (Lipinski definition) is 0. The maximum absolute atomic E-state index is 11.1. The average Bonchev–Trinajstić information content (AvgIpc) is 1.98. The Morgan fingerprint density at radius 1 is 1.45 bits per heavy atom. The zero-order chi connectivity index (χ0) is 8.27. The third-order valence-corrected chi connectivity index (χ3v) is 1.78. The summed E-state index contributed by atoms with van der Waals surface area (Å²) in [5, 5.41) is 11.7. The van der Waals surface area contributed by atoms with Crippen molar-refractivity contribution in [3.63, 3.8) is 0 Å². The fourth-order valence-electron chi connectivity index (χ4n) is 1.01. The number of rotatable bonds is 2. The van der Waals surface area contributed by atoms with E-state index in [1.54, 1.807) is 12.1 Å². The normalized spacial score (nSPS) is 10.0. The summed E-state index contributed by atoms with van der Waals surface area (Å²) in [4.78, 5) is 0. The predicted molar refractivity (Wildman–Crippen MR) is 45.6 cm³/mol. The van der Waals surface area contributed by atoms with Gasteiger partial charge in [-0.2, -0.15) is 0 Å². The van der Waals surface area contributed by atoms with E-state index in [-0.39, 0.29) is 5.75 Å². The van der Waals surface area contributed by atoms with Gasteiger partial charge in [0.15, 0.2) is 5.75 Å². The zero-order valence-corrected chi connectivity index (χ0v) is 7.19. The number of benzene rings is 1. The Morgan fingerprint density at radius 3 is 2.82 bits per heavy atom. The third kappa shape index (κ3) is 2.12. The number of halogens is 1. The van der Waals surface area contributed by atoms with Crippen LogP contribution in [0.4, 0.5) is 0 Å². The molecule has 1 aromatic rings. The van der Waals surface area contributed by atoms with E-state index in [2.05, 4.69) is 0 Å². The van der Waals surface area contributed by atoms with Crippen molar-refractivity contribution >= 4 is 11.6 Å². The quantitative estimate of drug-likeness (QED) is 0.647. The minimum atomic E-state index is 0.0938. The molecule has 0 aromatic heterocycles. The molecule has 2 heteroatoms. The van der Waals surface area contributed by atoms with E-state index in [4.69, 9.17) is 11.6 Å². The average molecular weight is 170 g/mol. The first-order chi connectivity index (χ1) is 5.24. The van der Waals surface area contributed by atoms with Crippen LogP contribution in [0.1, 0.15) is 18.9 Å². The van der Waals surface area contributed by atoms with Crippen molar-refractivity contribution in [2.45, 2.75) is 19.8 Å². The lowest BCUT2D eigenvalue weighted by Crippen LogP contribution is -1.82. The summed E-state index contributed by atoms with van der Waals surface area (Å²) in [5.74, 6) is 0.0938. The molecule has 0 aliphatic heterocycles. The first-order valence-corrected chi connectivity index (χ1v) is 4.07. The Bertz CT molecular complexity index is 245. The van der Waals surface area contributed by atoms with Crippen LogP contribution in [-0.4, -0.2) is 0 Å². The number of aryl methyl sites for hydroxylation is 1. The Balaban J connectivity index is 2.93. The van der Waals surface area contributed by atoms with Crippen LogP contribution in [-0.2, 0) is 11.5 Å². The molecule has 0 atom stereocenters. The van der Waals surface area contributed by atoms with E-state index in [0.29, 0.717) is 5.02 Å². The first-order valence-electron chi connectivity index (χ1n) is 3.69. The van der Waals surface area contributed by atoms with Gasteiger partial charge in [0.25, 0.3) is 0 Å². The van der Waals surface area contributed by atoms with E-state index < -0.39 is 0 Å². The van der Waals surface area contributed by atoms with Crippen LogP contribution in [0.15, 0.2) is 18.2 Å². The molecule has 0 saturated carbocycles. The van der Waals surface area contributed by atoms with Crippen molar-refractivity contribution in [2.24, 2.45) is 0 Å². The van der Waals surface area contributed by atoms with Crippen molar-refractivity contribution in [2.75, 3.05) is 0 Å². The summed E-state index contributed by atoms with van der Waals surface area (Å²) in [6, 6.07) is 4.89. The molecule has 59 valence electrons. The molecule has 1 rings (SSSR count). The summed E-state index contributed by atoms with van der Waals surface area (Å²) < 4.78 is 0. The van der Waals surface area contributed by atoms with Crippen molar-refractivity contribution in [3.8, 4) is 5.75 Å². The minimum absolute atomic E-state index is 0.0938. The van der Waals surface area contributed by atoms with Crippen molar-refractivity contribution < 1.29 is 5.11 Å². The lowest BCUT2D eigenvalue weighted by Gasteiger charge is -1.99. The Hall–Kier alpha value is -0.690. The van der Waals surface area contributed by atoms with Gasteiger partial charge in [0.05, 0.1) is 0 Å².